The van der Waals surface area contributed by atoms with Crippen molar-refractivity contribution in [3.8, 4) is 17.2 Å². The molecule has 3 aliphatic heterocycles. The van der Waals surface area contributed by atoms with E-state index in [2.05, 4.69) is 16.8 Å². The van der Waals surface area contributed by atoms with Crippen molar-refractivity contribution in [1.82, 2.24) is 14.7 Å². The number of hydrogen-bond donors (Lipinski definition) is 1. The summed E-state index contributed by atoms with van der Waals surface area (Å²) in [7, 11) is 0. The maximum absolute atomic E-state index is 13.2. The molecule has 2 amide bonds. The van der Waals surface area contributed by atoms with Crippen molar-refractivity contribution in [3.63, 3.8) is 0 Å². The molecular weight excluding hydrogens is 530 g/mol. The second-order valence-electron chi connectivity index (χ2n) is 11.4. The zero-order valence-electron chi connectivity index (χ0n) is 24.4. The number of nitrogen functional groups attached to an aromatic ring is 1. The number of rotatable bonds is 6. The van der Waals surface area contributed by atoms with E-state index in [0.29, 0.717) is 66.9 Å². The standard InChI is InChI=1S/C33H37N5O4/c1-21-6-8-26(15-22(21)2)42-30-9-7-24(17-28(30)34)32(39)37-13-11-36(12-14-37)20-41-31-18-29-27(16-23(31)3)33(40)38-10-4-5-25(38)19-35-29/h6-9,15-19,25H,4-5,10-14,20,34H2,1-3H3/t25-/m0/s1. The third-order valence-electron chi connectivity index (χ3n) is 8.49. The van der Waals surface area contributed by atoms with E-state index >= 15 is 0 Å². The lowest BCUT2D eigenvalue weighted by molar-refractivity contribution is 0.0480. The molecule has 2 fully saturated rings. The van der Waals surface area contributed by atoms with Crippen LogP contribution >= 0.6 is 0 Å². The summed E-state index contributed by atoms with van der Waals surface area (Å²) in [5.41, 5.74) is 11.8. The summed E-state index contributed by atoms with van der Waals surface area (Å²) in [4.78, 5) is 36.9. The van der Waals surface area contributed by atoms with Crippen molar-refractivity contribution < 1.29 is 19.1 Å². The molecule has 1 atom stereocenters. The van der Waals surface area contributed by atoms with Gasteiger partial charge in [0.2, 0.25) is 0 Å². The molecule has 0 unspecified atom stereocenters. The number of fused-ring (bicyclic) bond motifs is 2. The van der Waals surface area contributed by atoms with Crippen molar-refractivity contribution in [2.75, 3.05) is 45.2 Å². The van der Waals surface area contributed by atoms with Gasteiger partial charge >= 0.3 is 0 Å². The molecule has 0 bridgehead atoms. The number of aryl methyl sites for hydroxylation is 3. The quantitative estimate of drug-likeness (QED) is 0.416. The van der Waals surface area contributed by atoms with Crippen LogP contribution in [-0.2, 0) is 0 Å². The summed E-state index contributed by atoms with van der Waals surface area (Å²) in [6.45, 7) is 9.77. The molecule has 0 aliphatic carbocycles. The second-order valence-corrected chi connectivity index (χ2v) is 11.4. The largest absolute Gasteiger partial charge is 0.478 e. The van der Waals surface area contributed by atoms with E-state index in [1.54, 1.807) is 18.2 Å². The predicted molar refractivity (Wildman–Crippen MR) is 163 cm³/mol. The maximum Gasteiger partial charge on any atom is 0.256 e. The Bertz CT molecular complexity index is 1560. The van der Waals surface area contributed by atoms with Crippen LogP contribution < -0.4 is 15.2 Å². The van der Waals surface area contributed by atoms with Gasteiger partial charge in [0.15, 0.2) is 0 Å². The Labute approximate surface area is 246 Å². The minimum absolute atomic E-state index is 0.0470. The number of nitrogens with two attached hydrogens (primary N) is 1. The third-order valence-corrected chi connectivity index (χ3v) is 8.49. The molecule has 0 aromatic heterocycles. The number of carbonyl (C=O) groups is 2. The van der Waals surface area contributed by atoms with Gasteiger partial charge in [-0.1, -0.05) is 6.07 Å². The van der Waals surface area contributed by atoms with Gasteiger partial charge in [-0.2, -0.15) is 0 Å². The number of piperazine rings is 1. The highest BCUT2D eigenvalue weighted by atomic mass is 16.5. The number of anilines is 1. The summed E-state index contributed by atoms with van der Waals surface area (Å²) in [5.74, 6) is 1.96. The van der Waals surface area contributed by atoms with Crippen LogP contribution in [0.15, 0.2) is 53.5 Å². The molecule has 3 aromatic rings. The normalized spacial score (nSPS) is 18.5. The van der Waals surface area contributed by atoms with Crippen LogP contribution in [0.4, 0.5) is 11.4 Å². The number of ether oxygens (including phenoxy) is 2. The van der Waals surface area contributed by atoms with Gasteiger partial charge in [0.05, 0.1) is 23.0 Å². The highest BCUT2D eigenvalue weighted by Crippen LogP contribution is 2.34. The molecule has 0 saturated carbocycles. The van der Waals surface area contributed by atoms with Gasteiger partial charge in [-0.05, 0) is 86.7 Å². The number of hydrogen-bond acceptors (Lipinski definition) is 7. The molecule has 3 aliphatic rings. The van der Waals surface area contributed by atoms with E-state index < -0.39 is 0 Å². The van der Waals surface area contributed by atoms with Crippen LogP contribution in [0.3, 0.4) is 0 Å². The first-order valence-corrected chi connectivity index (χ1v) is 14.6. The number of benzene rings is 3. The van der Waals surface area contributed by atoms with Crippen molar-refractivity contribution in [3.05, 3.63) is 76.3 Å². The molecule has 3 aromatic carbocycles. The van der Waals surface area contributed by atoms with Crippen LogP contribution in [0, 0.1) is 20.8 Å². The Morgan fingerprint density at radius 1 is 0.929 bits per heavy atom. The first-order chi connectivity index (χ1) is 20.3. The van der Waals surface area contributed by atoms with Gasteiger partial charge < -0.3 is 25.0 Å². The van der Waals surface area contributed by atoms with Crippen molar-refractivity contribution >= 4 is 29.4 Å². The van der Waals surface area contributed by atoms with E-state index in [-0.39, 0.29) is 17.9 Å². The highest BCUT2D eigenvalue weighted by molar-refractivity contribution is 6.03. The Kier molecular flexibility index (Phi) is 7.60. The first-order valence-electron chi connectivity index (χ1n) is 14.6. The molecule has 6 rings (SSSR count). The van der Waals surface area contributed by atoms with Gasteiger partial charge in [0.1, 0.15) is 24.0 Å². The summed E-state index contributed by atoms with van der Waals surface area (Å²) < 4.78 is 12.2. The fourth-order valence-electron chi connectivity index (χ4n) is 5.73. The molecular formula is C33H37N5O4. The van der Waals surface area contributed by atoms with Gasteiger partial charge in [-0.15, -0.1) is 0 Å². The Hall–Kier alpha value is -4.37. The van der Waals surface area contributed by atoms with Crippen LogP contribution in [0.2, 0.25) is 0 Å². The maximum atomic E-state index is 13.2. The molecule has 3 heterocycles. The zero-order valence-corrected chi connectivity index (χ0v) is 24.4. The lowest BCUT2D eigenvalue weighted by Crippen LogP contribution is -2.49. The number of amides is 2. The lowest BCUT2D eigenvalue weighted by atomic mass is 10.1. The number of aliphatic imine (C=N–C) groups is 1. The lowest BCUT2D eigenvalue weighted by Gasteiger charge is -2.34. The fraction of sp³-hybridized carbons (Fsp3) is 0.364. The Morgan fingerprint density at radius 3 is 2.50 bits per heavy atom. The molecule has 2 N–H and O–H groups in total. The minimum atomic E-state index is -0.0513. The monoisotopic (exact) mass is 567 g/mol. The zero-order chi connectivity index (χ0) is 29.4. The van der Waals surface area contributed by atoms with E-state index in [9.17, 15) is 9.59 Å². The topological polar surface area (TPSA) is 101 Å². The predicted octanol–water partition coefficient (Wildman–Crippen LogP) is 5.10. The number of carbonyl (C=O) groups excluding carboxylic acids is 2. The van der Waals surface area contributed by atoms with Crippen LogP contribution in [0.25, 0.3) is 0 Å². The number of nitrogens with zero attached hydrogens (tertiary/aromatic N) is 4. The average molecular weight is 568 g/mol. The van der Waals surface area contributed by atoms with Crippen molar-refractivity contribution in [1.29, 1.82) is 0 Å². The van der Waals surface area contributed by atoms with Crippen LogP contribution in [-0.4, -0.2) is 78.2 Å². The van der Waals surface area contributed by atoms with Gasteiger partial charge in [-0.25, -0.2) is 0 Å². The van der Waals surface area contributed by atoms with Crippen molar-refractivity contribution in [2.24, 2.45) is 4.99 Å². The molecule has 218 valence electrons. The van der Waals surface area contributed by atoms with E-state index in [1.165, 1.54) is 5.56 Å². The second kappa shape index (κ2) is 11.5. The fourth-order valence-corrected chi connectivity index (χ4v) is 5.73. The summed E-state index contributed by atoms with van der Waals surface area (Å²) in [6.07, 6.45) is 3.87. The average Bonchev–Trinajstić information content (AvgIpc) is 3.42. The molecule has 9 nitrogen and oxygen atoms in total. The van der Waals surface area contributed by atoms with Crippen LogP contribution in [0.1, 0.15) is 50.2 Å². The molecule has 2 saturated heterocycles. The summed E-state index contributed by atoms with van der Waals surface area (Å²) in [6, 6.07) is 15.0. The first kappa shape index (κ1) is 27.8. The highest BCUT2D eigenvalue weighted by Gasteiger charge is 2.32. The SMILES string of the molecule is Cc1ccc(Oc2ccc(C(=O)N3CCN(COc4cc5c(cc4C)C(=O)N4CCC[C@H]4C=N5)CC3)cc2N)cc1C. The third kappa shape index (κ3) is 5.56. The van der Waals surface area contributed by atoms with Crippen LogP contribution in [0.5, 0.6) is 17.2 Å². The van der Waals surface area contributed by atoms with E-state index in [1.807, 2.05) is 60.2 Å². The molecule has 42 heavy (non-hydrogen) atoms. The molecule has 0 radical (unpaired) electrons. The van der Waals surface area contributed by atoms with Gasteiger partial charge in [0.25, 0.3) is 11.8 Å². The van der Waals surface area contributed by atoms with E-state index in [4.69, 9.17) is 15.2 Å². The summed E-state index contributed by atoms with van der Waals surface area (Å²) in [5, 5.41) is 0. The minimum Gasteiger partial charge on any atom is -0.478 e. The van der Waals surface area contributed by atoms with Gasteiger partial charge in [-0.3, -0.25) is 19.5 Å². The Balaban J connectivity index is 1.04. The van der Waals surface area contributed by atoms with Gasteiger partial charge in [0, 0.05) is 50.6 Å². The van der Waals surface area contributed by atoms with E-state index in [0.717, 1.165) is 36.3 Å². The molecule has 9 heteroatoms. The smallest absolute Gasteiger partial charge is 0.256 e. The Morgan fingerprint density at radius 2 is 1.74 bits per heavy atom. The molecule has 0 spiro atoms. The van der Waals surface area contributed by atoms with Crippen molar-refractivity contribution in [2.45, 2.75) is 39.7 Å². The summed E-state index contributed by atoms with van der Waals surface area (Å²) >= 11 is 0.